The lowest BCUT2D eigenvalue weighted by molar-refractivity contribution is -0.137. The average molecular weight is 371 g/mol. The lowest BCUT2D eigenvalue weighted by Crippen LogP contribution is -2.30. The number of nitrogens with one attached hydrogen (secondary N) is 2. The predicted octanol–water partition coefficient (Wildman–Crippen LogP) is 1.31. The second-order valence-electron chi connectivity index (χ2n) is 3.40. The monoisotopic (exact) mass is 371 g/mol. The number of hydrogen-bond donors (Lipinski definition) is 3. The summed E-state index contributed by atoms with van der Waals surface area (Å²) in [4.78, 5) is 21.7. The molecule has 1 rings (SSSR count). The van der Waals surface area contributed by atoms with Crippen LogP contribution in [0.15, 0.2) is 36.0 Å². The van der Waals surface area contributed by atoms with E-state index in [4.69, 9.17) is 10.4 Å². The minimum atomic E-state index is -1.17. The van der Waals surface area contributed by atoms with Crippen molar-refractivity contribution in [1.29, 1.82) is 5.26 Å². The van der Waals surface area contributed by atoms with E-state index in [1.807, 2.05) is 12.1 Å². The molecule has 0 aliphatic heterocycles. The van der Waals surface area contributed by atoms with Crippen LogP contribution in [0.3, 0.4) is 0 Å². The van der Waals surface area contributed by atoms with Crippen LogP contribution in [0, 0.1) is 14.9 Å². The van der Waals surface area contributed by atoms with Crippen LogP contribution in [0.4, 0.5) is 5.69 Å². The van der Waals surface area contributed by atoms with Crippen LogP contribution in [0.25, 0.3) is 0 Å². The fraction of sp³-hybridized carbons (Fsp3) is 0.0833. The highest BCUT2D eigenvalue weighted by molar-refractivity contribution is 14.1. The number of anilines is 1. The Morgan fingerprint density at radius 2 is 2.00 bits per heavy atom. The van der Waals surface area contributed by atoms with Gasteiger partial charge in [-0.3, -0.25) is 9.59 Å². The molecule has 0 atom stereocenters. The number of halogens is 1. The largest absolute Gasteiger partial charge is 0.480 e. The first-order valence-corrected chi connectivity index (χ1v) is 6.23. The van der Waals surface area contributed by atoms with Gasteiger partial charge < -0.3 is 15.7 Å². The zero-order chi connectivity index (χ0) is 14.3. The van der Waals surface area contributed by atoms with Crippen LogP contribution in [0.1, 0.15) is 0 Å². The van der Waals surface area contributed by atoms with Gasteiger partial charge in [-0.1, -0.05) is 0 Å². The van der Waals surface area contributed by atoms with Crippen molar-refractivity contribution in [3.05, 3.63) is 39.6 Å². The third-order valence-corrected chi connectivity index (χ3v) is 2.71. The normalized spacial score (nSPS) is 10.4. The molecule has 0 heterocycles. The van der Waals surface area contributed by atoms with Crippen molar-refractivity contribution in [1.82, 2.24) is 5.32 Å². The predicted molar refractivity (Wildman–Crippen MR) is 77.1 cm³/mol. The maximum atomic E-state index is 11.4. The number of carbonyl (C=O) groups excluding carboxylic acids is 1. The highest BCUT2D eigenvalue weighted by atomic mass is 127. The van der Waals surface area contributed by atoms with Gasteiger partial charge in [-0.15, -0.1) is 0 Å². The number of aliphatic carboxylic acids is 1. The molecule has 0 bridgehead atoms. The van der Waals surface area contributed by atoms with Crippen molar-refractivity contribution in [3.63, 3.8) is 0 Å². The number of rotatable bonds is 5. The number of carboxylic acid groups (broad SMARTS) is 1. The fourth-order valence-corrected chi connectivity index (χ4v) is 1.46. The highest BCUT2D eigenvalue weighted by Gasteiger charge is 2.09. The van der Waals surface area contributed by atoms with Crippen molar-refractivity contribution < 1.29 is 14.7 Å². The molecule has 0 fully saturated rings. The standard InChI is InChI=1S/C12H10IN3O3/c13-9-1-3-10(4-2-9)15-6-8(5-14)12(19)16-7-11(17)18/h1-4,6,15H,7H2,(H,16,19)(H,17,18)/b8-6-. The first kappa shape index (κ1) is 15.0. The Morgan fingerprint density at radius 3 is 2.53 bits per heavy atom. The fourth-order valence-electron chi connectivity index (χ4n) is 1.10. The summed E-state index contributed by atoms with van der Waals surface area (Å²) in [5.41, 5.74) is 0.527. The van der Waals surface area contributed by atoms with Crippen molar-refractivity contribution in [2.75, 3.05) is 11.9 Å². The lowest BCUT2D eigenvalue weighted by Gasteiger charge is -2.03. The number of benzene rings is 1. The van der Waals surface area contributed by atoms with E-state index in [-0.39, 0.29) is 5.57 Å². The van der Waals surface area contributed by atoms with Gasteiger partial charge in [0.1, 0.15) is 18.2 Å². The molecule has 0 saturated carbocycles. The van der Waals surface area contributed by atoms with Crippen LogP contribution >= 0.6 is 22.6 Å². The topological polar surface area (TPSA) is 102 Å². The van der Waals surface area contributed by atoms with Crippen molar-refractivity contribution in [3.8, 4) is 6.07 Å². The van der Waals surface area contributed by atoms with E-state index < -0.39 is 18.4 Å². The number of nitriles is 1. The SMILES string of the molecule is N#C/C(=C/Nc1ccc(I)cc1)C(=O)NCC(=O)O. The molecule has 0 saturated heterocycles. The van der Waals surface area contributed by atoms with E-state index in [1.165, 1.54) is 6.20 Å². The molecule has 3 N–H and O–H groups in total. The van der Waals surface area contributed by atoms with Crippen molar-refractivity contribution in [2.45, 2.75) is 0 Å². The van der Waals surface area contributed by atoms with E-state index in [1.54, 1.807) is 18.2 Å². The zero-order valence-electron chi connectivity index (χ0n) is 9.68. The molecule has 98 valence electrons. The Bertz CT molecular complexity index is 546. The van der Waals surface area contributed by atoms with Gasteiger partial charge in [-0.25, -0.2) is 0 Å². The van der Waals surface area contributed by atoms with Crippen molar-refractivity contribution >= 4 is 40.2 Å². The van der Waals surface area contributed by atoms with Crippen LogP contribution in [0.2, 0.25) is 0 Å². The molecule has 1 aromatic carbocycles. The lowest BCUT2D eigenvalue weighted by atomic mass is 10.3. The first-order chi connectivity index (χ1) is 9.02. The Hall–Kier alpha value is -2.08. The molecule has 0 aromatic heterocycles. The third-order valence-electron chi connectivity index (χ3n) is 1.99. The molecule has 0 aliphatic carbocycles. The van der Waals surface area contributed by atoms with Gasteiger partial charge in [0.05, 0.1) is 0 Å². The second kappa shape index (κ2) is 7.38. The molecule has 0 spiro atoms. The van der Waals surface area contributed by atoms with Gasteiger partial charge in [-0.05, 0) is 46.9 Å². The molecule has 1 aromatic rings. The Morgan fingerprint density at radius 1 is 1.37 bits per heavy atom. The second-order valence-corrected chi connectivity index (χ2v) is 4.64. The number of amides is 1. The van der Waals surface area contributed by atoms with Gasteiger partial charge in [0.25, 0.3) is 5.91 Å². The molecule has 19 heavy (non-hydrogen) atoms. The summed E-state index contributed by atoms with van der Waals surface area (Å²) < 4.78 is 1.06. The molecular weight excluding hydrogens is 361 g/mol. The molecule has 7 heteroatoms. The van der Waals surface area contributed by atoms with Gasteiger partial charge >= 0.3 is 5.97 Å². The van der Waals surface area contributed by atoms with E-state index >= 15 is 0 Å². The van der Waals surface area contributed by atoms with Gasteiger partial charge in [0, 0.05) is 15.5 Å². The average Bonchev–Trinajstić information content (AvgIpc) is 2.39. The van der Waals surface area contributed by atoms with E-state index in [2.05, 4.69) is 33.2 Å². The maximum Gasteiger partial charge on any atom is 0.322 e. The Balaban J connectivity index is 2.66. The van der Waals surface area contributed by atoms with Crippen LogP contribution < -0.4 is 10.6 Å². The zero-order valence-corrected chi connectivity index (χ0v) is 11.8. The molecule has 1 amide bonds. The number of nitrogens with zero attached hydrogens (tertiary/aromatic N) is 1. The Kier molecular flexibility index (Phi) is 5.81. The summed E-state index contributed by atoms with van der Waals surface area (Å²) in [7, 11) is 0. The van der Waals surface area contributed by atoms with E-state index in [0.29, 0.717) is 0 Å². The van der Waals surface area contributed by atoms with E-state index in [9.17, 15) is 9.59 Å². The van der Waals surface area contributed by atoms with Crippen LogP contribution in [0.5, 0.6) is 0 Å². The summed E-state index contributed by atoms with van der Waals surface area (Å²) in [6.07, 6.45) is 1.24. The van der Waals surface area contributed by atoms with Gasteiger partial charge in [-0.2, -0.15) is 5.26 Å². The van der Waals surface area contributed by atoms with Crippen LogP contribution in [-0.4, -0.2) is 23.5 Å². The molecule has 6 nitrogen and oxygen atoms in total. The quantitative estimate of drug-likeness (QED) is 0.412. The van der Waals surface area contributed by atoms with Gasteiger partial charge in [0.2, 0.25) is 0 Å². The van der Waals surface area contributed by atoms with Crippen LogP contribution in [-0.2, 0) is 9.59 Å². The first-order valence-electron chi connectivity index (χ1n) is 5.15. The minimum absolute atomic E-state index is 0.195. The number of carboxylic acids is 1. The number of hydrogen-bond acceptors (Lipinski definition) is 4. The minimum Gasteiger partial charge on any atom is -0.480 e. The van der Waals surface area contributed by atoms with Gasteiger partial charge in [0.15, 0.2) is 0 Å². The number of carbonyl (C=O) groups is 2. The maximum absolute atomic E-state index is 11.4. The van der Waals surface area contributed by atoms with Crippen molar-refractivity contribution in [2.24, 2.45) is 0 Å². The molecule has 0 aliphatic rings. The summed E-state index contributed by atoms with van der Waals surface area (Å²) in [6, 6.07) is 9.02. The molecule has 0 unspecified atom stereocenters. The van der Waals surface area contributed by atoms with E-state index in [0.717, 1.165) is 9.26 Å². The molecule has 0 radical (unpaired) electrons. The summed E-state index contributed by atoms with van der Waals surface area (Å²) in [5, 5.41) is 22.1. The smallest absolute Gasteiger partial charge is 0.322 e. The summed E-state index contributed by atoms with van der Waals surface area (Å²) in [5.74, 6) is -1.90. The Labute approximate surface area is 123 Å². The highest BCUT2D eigenvalue weighted by Crippen LogP contribution is 2.11. The third kappa shape index (κ3) is 5.39. The summed E-state index contributed by atoms with van der Waals surface area (Å²) in [6.45, 7) is -0.526. The molecular formula is C12H10IN3O3. The summed E-state index contributed by atoms with van der Waals surface area (Å²) >= 11 is 2.16.